The Morgan fingerprint density at radius 3 is 2.67 bits per heavy atom. The van der Waals surface area contributed by atoms with Gasteiger partial charge in [0.2, 0.25) is 0 Å². The molecule has 0 aliphatic carbocycles. The molecule has 0 aromatic heterocycles. The van der Waals surface area contributed by atoms with E-state index in [0.29, 0.717) is 28.4 Å². The van der Waals surface area contributed by atoms with Crippen molar-refractivity contribution in [2.75, 3.05) is 24.2 Å². The zero-order chi connectivity index (χ0) is 21.1. The molecule has 1 saturated heterocycles. The van der Waals surface area contributed by atoms with Gasteiger partial charge in [-0.3, -0.25) is 14.7 Å². The van der Waals surface area contributed by atoms with Crippen molar-refractivity contribution in [3.8, 4) is 0 Å². The van der Waals surface area contributed by atoms with Crippen molar-refractivity contribution in [2.24, 2.45) is 10.7 Å². The molecule has 4 rings (SSSR count). The van der Waals surface area contributed by atoms with Crippen LogP contribution in [0.5, 0.6) is 0 Å². The first kappa shape index (κ1) is 20.9. The summed E-state index contributed by atoms with van der Waals surface area (Å²) in [5.41, 5.74) is 7.93. The van der Waals surface area contributed by atoms with Crippen molar-refractivity contribution in [1.29, 1.82) is 0 Å². The predicted octanol–water partition coefficient (Wildman–Crippen LogP) is 4.34. The van der Waals surface area contributed by atoms with E-state index in [9.17, 15) is 9.18 Å². The number of rotatable bonds is 5. The minimum atomic E-state index is -0.725. The Kier molecular flexibility index (Phi) is 6.11. The maximum atomic E-state index is 14.6. The molecule has 30 heavy (non-hydrogen) atoms. The number of hydrogen-bond donors (Lipinski definition) is 2. The van der Waals surface area contributed by atoms with E-state index in [1.165, 1.54) is 36.2 Å². The van der Waals surface area contributed by atoms with E-state index >= 15 is 0 Å². The molecule has 7 heteroatoms. The van der Waals surface area contributed by atoms with Crippen molar-refractivity contribution in [2.45, 2.75) is 38.3 Å². The van der Waals surface area contributed by atoms with Crippen LogP contribution in [-0.2, 0) is 12.1 Å². The zero-order valence-electron chi connectivity index (χ0n) is 17.2. The van der Waals surface area contributed by atoms with Crippen LogP contribution in [0.15, 0.2) is 47.5 Å². The average Bonchev–Trinajstić information content (AvgIpc) is 3.23. The van der Waals surface area contributed by atoms with E-state index in [2.05, 4.69) is 15.2 Å². The molecular weight excluding hydrogens is 399 g/mol. The SMILES string of the molecule is CC1(c2cc(NC(=O)c3ccc(CN4CCCC4)cc3)ccc2F)CCSC(N)=N1. The number of anilines is 1. The molecule has 1 atom stereocenters. The van der Waals surface area contributed by atoms with Crippen LogP contribution < -0.4 is 11.1 Å². The second kappa shape index (κ2) is 8.78. The summed E-state index contributed by atoms with van der Waals surface area (Å²) in [6, 6.07) is 12.3. The first-order valence-electron chi connectivity index (χ1n) is 10.3. The van der Waals surface area contributed by atoms with Crippen molar-refractivity contribution in [3.63, 3.8) is 0 Å². The number of nitrogens with one attached hydrogen (secondary N) is 1. The summed E-state index contributed by atoms with van der Waals surface area (Å²) >= 11 is 1.48. The van der Waals surface area contributed by atoms with E-state index in [1.807, 2.05) is 31.2 Å². The lowest BCUT2D eigenvalue weighted by molar-refractivity contribution is 0.102. The van der Waals surface area contributed by atoms with Gasteiger partial charge in [0.05, 0.1) is 5.54 Å². The molecule has 2 aromatic rings. The molecule has 2 aliphatic rings. The second-order valence-corrected chi connectivity index (χ2v) is 9.27. The molecule has 2 aromatic carbocycles. The third-order valence-corrected chi connectivity index (χ3v) is 6.62. The van der Waals surface area contributed by atoms with Gasteiger partial charge in [0.1, 0.15) is 5.82 Å². The first-order valence-corrected chi connectivity index (χ1v) is 11.3. The van der Waals surface area contributed by atoms with Crippen LogP contribution in [0.2, 0.25) is 0 Å². The molecule has 2 aliphatic heterocycles. The summed E-state index contributed by atoms with van der Waals surface area (Å²) in [5, 5.41) is 3.35. The van der Waals surface area contributed by atoms with Gasteiger partial charge >= 0.3 is 0 Å². The monoisotopic (exact) mass is 426 g/mol. The number of carbonyl (C=O) groups is 1. The van der Waals surface area contributed by atoms with Crippen LogP contribution in [0.4, 0.5) is 10.1 Å². The van der Waals surface area contributed by atoms with E-state index in [4.69, 9.17) is 5.73 Å². The highest BCUT2D eigenvalue weighted by Crippen LogP contribution is 2.37. The standard InChI is InChI=1S/C23H27FN4OS/c1-23(10-13-30-22(25)27-23)19-14-18(8-9-20(19)24)26-21(29)17-6-4-16(5-7-17)15-28-11-2-3-12-28/h4-9,14H,2-3,10-13,15H2,1H3,(H2,25,27)(H,26,29). The molecule has 1 unspecified atom stereocenters. The number of aliphatic imine (C=N–C) groups is 1. The molecule has 158 valence electrons. The predicted molar refractivity (Wildman–Crippen MR) is 121 cm³/mol. The lowest BCUT2D eigenvalue weighted by Crippen LogP contribution is -2.29. The molecule has 3 N–H and O–H groups in total. The maximum absolute atomic E-state index is 14.6. The fraction of sp³-hybridized carbons (Fsp3) is 0.391. The number of halogens is 1. The molecule has 2 heterocycles. The van der Waals surface area contributed by atoms with Gasteiger partial charge in [-0.1, -0.05) is 23.9 Å². The van der Waals surface area contributed by atoms with Gasteiger partial charge in [-0.2, -0.15) is 0 Å². The summed E-state index contributed by atoms with van der Waals surface area (Å²) in [6.45, 7) is 5.08. The summed E-state index contributed by atoms with van der Waals surface area (Å²) in [6.07, 6.45) is 3.21. The highest BCUT2D eigenvalue weighted by molar-refractivity contribution is 8.13. The number of amidine groups is 1. The lowest BCUT2D eigenvalue weighted by atomic mass is 9.89. The number of nitrogens with two attached hydrogens (primary N) is 1. The fourth-order valence-corrected chi connectivity index (χ4v) is 5.03. The molecule has 0 spiro atoms. The Hall–Kier alpha value is -2.38. The normalized spacial score (nSPS) is 22.0. The highest BCUT2D eigenvalue weighted by Gasteiger charge is 2.32. The number of amides is 1. The summed E-state index contributed by atoms with van der Waals surface area (Å²) in [7, 11) is 0. The molecule has 0 bridgehead atoms. The van der Waals surface area contributed by atoms with E-state index in [-0.39, 0.29) is 11.7 Å². The van der Waals surface area contributed by atoms with Gasteiger partial charge < -0.3 is 11.1 Å². The summed E-state index contributed by atoms with van der Waals surface area (Å²) < 4.78 is 14.6. The Balaban J connectivity index is 1.47. The maximum Gasteiger partial charge on any atom is 0.255 e. The quantitative estimate of drug-likeness (QED) is 0.746. The molecule has 5 nitrogen and oxygen atoms in total. The molecular formula is C23H27FN4OS. The van der Waals surface area contributed by atoms with E-state index in [1.54, 1.807) is 12.1 Å². The Labute approximate surface area is 180 Å². The Morgan fingerprint density at radius 1 is 1.23 bits per heavy atom. The zero-order valence-corrected chi connectivity index (χ0v) is 18.0. The molecule has 1 fully saturated rings. The number of nitrogens with zero attached hydrogens (tertiary/aromatic N) is 2. The van der Waals surface area contributed by atoms with Gasteiger partial charge in [0, 0.05) is 29.1 Å². The van der Waals surface area contributed by atoms with Crippen LogP contribution in [0.25, 0.3) is 0 Å². The van der Waals surface area contributed by atoms with Crippen LogP contribution >= 0.6 is 11.8 Å². The number of benzene rings is 2. The van der Waals surface area contributed by atoms with E-state index < -0.39 is 5.54 Å². The van der Waals surface area contributed by atoms with Gasteiger partial charge in [-0.25, -0.2) is 4.39 Å². The molecule has 0 radical (unpaired) electrons. The van der Waals surface area contributed by atoms with Crippen molar-refractivity contribution < 1.29 is 9.18 Å². The second-order valence-electron chi connectivity index (χ2n) is 8.15. The van der Waals surface area contributed by atoms with Gasteiger partial charge in [0.25, 0.3) is 5.91 Å². The third kappa shape index (κ3) is 4.68. The minimum absolute atomic E-state index is 0.215. The Morgan fingerprint density at radius 2 is 1.97 bits per heavy atom. The van der Waals surface area contributed by atoms with Crippen molar-refractivity contribution >= 4 is 28.5 Å². The average molecular weight is 427 g/mol. The Bertz CT molecular complexity index is 956. The minimum Gasteiger partial charge on any atom is -0.379 e. The van der Waals surface area contributed by atoms with Crippen molar-refractivity contribution in [3.05, 3.63) is 65.0 Å². The summed E-state index contributed by atoms with van der Waals surface area (Å²) in [4.78, 5) is 19.6. The highest BCUT2D eigenvalue weighted by atomic mass is 32.2. The largest absolute Gasteiger partial charge is 0.379 e. The van der Waals surface area contributed by atoms with Gasteiger partial charge in [-0.05, 0) is 75.2 Å². The molecule has 0 saturated carbocycles. The van der Waals surface area contributed by atoms with Crippen molar-refractivity contribution in [1.82, 2.24) is 4.90 Å². The summed E-state index contributed by atoms with van der Waals surface area (Å²) in [5.74, 6) is 0.226. The van der Waals surface area contributed by atoms with Gasteiger partial charge in [0.15, 0.2) is 5.17 Å². The lowest BCUT2D eigenvalue weighted by Gasteiger charge is -2.30. The van der Waals surface area contributed by atoms with Crippen LogP contribution in [-0.4, -0.2) is 34.8 Å². The number of carbonyl (C=O) groups excluding carboxylic acids is 1. The van der Waals surface area contributed by atoms with E-state index in [0.717, 1.165) is 25.4 Å². The van der Waals surface area contributed by atoms with Crippen LogP contribution in [0, 0.1) is 5.82 Å². The number of likely N-dealkylation sites (tertiary alicyclic amines) is 1. The topological polar surface area (TPSA) is 70.7 Å². The smallest absolute Gasteiger partial charge is 0.255 e. The third-order valence-electron chi connectivity index (χ3n) is 5.82. The van der Waals surface area contributed by atoms with Gasteiger partial charge in [-0.15, -0.1) is 0 Å². The first-order chi connectivity index (χ1) is 14.4. The van der Waals surface area contributed by atoms with Crippen LogP contribution in [0.1, 0.15) is 47.7 Å². The van der Waals surface area contributed by atoms with Crippen LogP contribution in [0.3, 0.4) is 0 Å². The molecule has 1 amide bonds. The fourth-order valence-electron chi connectivity index (χ4n) is 4.06. The number of thioether (sulfide) groups is 1. The number of hydrogen-bond acceptors (Lipinski definition) is 5.